The van der Waals surface area contributed by atoms with Gasteiger partial charge in [0.15, 0.2) is 0 Å². The second-order valence-corrected chi connectivity index (χ2v) is 6.95. The number of fused-ring (bicyclic) bond motifs is 1. The van der Waals surface area contributed by atoms with Gasteiger partial charge in [0.25, 0.3) is 5.91 Å². The molecule has 4 rings (SSSR count). The van der Waals surface area contributed by atoms with Gasteiger partial charge in [-0.05, 0) is 47.2 Å². The van der Waals surface area contributed by atoms with Gasteiger partial charge in [0.05, 0.1) is 0 Å². The Morgan fingerprint density at radius 1 is 0.963 bits per heavy atom. The third-order valence-electron chi connectivity index (χ3n) is 4.34. The number of aliphatic hydroxyl groups is 1. The first-order valence-corrected chi connectivity index (χ1v) is 9.23. The SMILES string of the molecule is O=C(Nc1cccc(-c2ccc(CO)o2)c1)c1cccc2c(Br)cccc12. The molecular formula is C22H16BrNO3. The fourth-order valence-electron chi connectivity index (χ4n) is 3.04. The molecule has 1 amide bonds. The number of nitrogens with one attached hydrogen (secondary N) is 1. The predicted molar refractivity (Wildman–Crippen MR) is 110 cm³/mol. The van der Waals surface area contributed by atoms with Crippen LogP contribution in [0.15, 0.2) is 81.7 Å². The van der Waals surface area contributed by atoms with Crippen LogP contribution in [0, 0.1) is 0 Å². The minimum Gasteiger partial charge on any atom is -0.459 e. The molecule has 0 unspecified atom stereocenters. The Morgan fingerprint density at radius 3 is 2.56 bits per heavy atom. The fraction of sp³-hybridized carbons (Fsp3) is 0.0455. The number of amides is 1. The number of anilines is 1. The highest BCUT2D eigenvalue weighted by Crippen LogP contribution is 2.28. The van der Waals surface area contributed by atoms with Crippen molar-refractivity contribution in [3.05, 3.63) is 88.6 Å². The number of carbonyl (C=O) groups excluding carboxylic acids is 1. The molecule has 134 valence electrons. The summed E-state index contributed by atoms with van der Waals surface area (Å²) in [4.78, 5) is 12.9. The molecule has 4 aromatic rings. The van der Waals surface area contributed by atoms with Crippen molar-refractivity contribution in [2.24, 2.45) is 0 Å². The van der Waals surface area contributed by atoms with Gasteiger partial charge in [-0.3, -0.25) is 4.79 Å². The van der Waals surface area contributed by atoms with Gasteiger partial charge in [-0.1, -0.05) is 52.3 Å². The van der Waals surface area contributed by atoms with Crippen molar-refractivity contribution in [2.45, 2.75) is 6.61 Å². The van der Waals surface area contributed by atoms with Crippen LogP contribution in [0.1, 0.15) is 16.1 Å². The highest BCUT2D eigenvalue weighted by Gasteiger charge is 2.12. The van der Waals surface area contributed by atoms with Crippen molar-refractivity contribution < 1.29 is 14.3 Å². The molecular weight excluding hydrogens is 406 g/mol. The van der Waals surface area contributed by atoms with E-state index in [-0.39, 0.29) is 12.5 Å². The third kappa shape index (κ3) is 3.52. The van der Waals surface area contributed by atoms with Crippen molar-refractivity contribution in [2.75, 3.05) is 5.32 Å². The quantitative estimate of drug-likeness (QED) is 0.450. The normalized spacial score (nSPS) is 10.9. The topological polar surface area (TPSA) is 62.5 Å². The summed E-state index contributed by atoms with van der Waals surface area (Å²) in [6.45, 7) is -0.146. The van der Waals surface area contributed by atoms with Gasteiger partial charge in [0.1, 0.15) is 18.1 Å². The van der Waals surface area contributed by atoms with E-state index in [9.17, 15) is 4.79 Å². The van der Waals surface area contributed by atoms with Gasteiger partial charge in [-0.2, -0.15) is 0 Å². The molecule has 4 nitrogen and oxygen atoms in total. The Hall–Kier alpha value is -2.89. The van der Waals surface area contributed by atoms with Crippen LogP contribution in [-0.2, 0) is 6.61 Å². The molecule has 1 aromatic heterocycles. The molecule has 0 spiro atoms. The van der Waals surface area contributed by atoms with Crippen LogP contribution in [0.2, 0.25) is 0 Å². The van der Waals surface area contributed by atoms with Crippen LogP contribution in [0.3, 0.4) is 0 Å². The highest BCUT2D eigenvalue weighted by atomic mass is 79.9. The van der Waals surface area contributed by atoms with Gasteiger partial charge < -0.3 is 14.8 Å². The largest absolute Gasteiger partial charge is 0.459 e. The molecule has 0 atom stereocenters. The van der Waals surface area contributed by atoms with Crippen molar-refractivity contribution in [3.8, 4) is 11.3 Å². The Bertz CT molecular complexity index is 1130. The summed E-state index contributed by atoms with van der Waals surface area (Å²) in [5.41, 5.74) is 2.11. The molecule has 1 heterocycles. The van der Waals surface area contributed by atoms with Crippen molar-refractivity contribution in [1.29, 1.82) is 0 Å². The number of benzene rings is 3. The van der Waals surface area contributed by atoms with E-state index < -0.39 is 0 Å². The van der Waals surface area contributed by atoms with Gasteiger partial charge in [-0.25, -0.2) is 0 Å². The molecule has 0 aliphatic carbocycles. The van der Waals surface area contributed by atoms with E-state index in [1.165, 1.54) is 0 Å². The molecule has 0 radical (unpaired) electrons. The summed E-state index contributed by atoms with van der Waals surface area (Å²) in [5.74, 6) is 0.969. The van der Waals surface area contributed by atoms with E-state index in [1.807, 2.05) is 60.7 Å². The number of rotatable bonds is 4. The predicted octanol–water partition coefficient (Wildman–Crippen LogP) is 5.61. The lowest BCUT2D eigenvalue weighted by Gasteiger charge is -2.10. The molecule has 3 aromatic carbocycles. The number of aliphatic hydroxyl groups excluding tert-OH is 1. The first kappa shape index (κ1) is 17.5. The molecule has 5 heteroatoms. The first-order chi connectivity index (χ1) is 13.2. The summed E-state index contributed by atoms with van der Waals surface area (Å²) in [5, 5.41) is 14.0. The average molecular weight is 422 g/mol. The molecule has 0 aliphatic rings. The summed E-state index contributed by atoms with van der Waals surface area (Å²) >= 11 is 3.53. The molecule has 27 heavy (non-hydrogen) atoms. The Labute approximate surface area is 164 Å². The van der Waals surface area contributed by atoms with Gasteiger partial charge in [-0.15, -0.1) is 0 Å². The number of carbonyl (C=O) groups is 1. The fourth-order valence-corrected chi connectivity index (χ4v) is 3.53. The Balaban J connectivity index is 1.64. The second kappa shape index (κ2) is 7.39. The highest BCUT2D eigenvalue weighted by molar-refractivity contribution is 9.10. The van der Waals surface area contributed by atoms with E-state index in [2.05, 4.69) is 21.2 Å². The molecule has 0 fully saturated rings. The second-order valence-electron chi connectivity index (χ2n) is 6.10. The zero-order valence-corrected chi connectivity index (χ0v) is 15.9. The number of furan rings is 1. The molecule has 0 aliphatic heterocycles. The Kier molecular flexibility index (Phi) is 4.79. The lowest BCUT2D eigenvalue weighted by Crippen LogP contribution is -2.12. The van der Waals surface area contributed by atoms with Crippen LogP contribution < -0.4 is 5.32 Å². The molecule has 0 saturated heterocycles. The van der Waals surface area contributed by atoms with Gasteiger partial charge >= 0.3 is 0 Å². The summed E-state index contributed by atoms with van der Waals surface area (Å²) < 4.78 is 6.52. The smallest absolute Gasteiger partial charge is 0.256 e. The monoisotopic (exact) mass is 421 g/mol. The number of hydrogen-bond acceptors (Lipinski definition) is 3. The van der Waals surface area contributed by atoms with Crippen molar-refractivity contribution >= 4 is 38.3 Å². The first-order valence-electron chi connectivity index (χ1n) is 8.44. The lowest BCUT2D eigenvalue weighted by molar-refractivity contribution is 0.102. The van der Waals surface area contributed by atoms with E-state index in [0.29, 0.717) is 22.8 Å². The molecule has 0 bridgehead atoms. The van der Waals surface area contributed by atoms with Crippen LogP contribution in [-0.4, -0.2) is 11.0 Å². The summed E-state index contributed by atoms with van der Waals surface area (Å²) in [7, 11) is 0. The maximum atomic E-state index is 12.9. The minimum atomic E-state index is -0.175. The zero-order valence-electron chi connectivity index (χ0n) is 14.3. The van der Waals surface area contributed by atoms with E-state index in [4.69, 9.17) is 9.52 Å². The summed E-state index contributed by atoms with van der Waals surface area (Å²) in [6, 6.07) is 22.4. The minimum absolute atomic E-state index is 0.146. The standard InChI is InChI=1S/C22H16BrNO3/c23-20-9-3-6-17-18(20)7-2-8-19(17)22(26)24-15-5-1-4-14(12-15)21-11-10-16(13-25)27-21/h1-12,25H,13H2,(H,24,26). The van der Waals surface area contributed by atoms with Crippen molar-refractivity contribution in [1.82, 2.24) is 0 Å². The summed E-state index contributed by atoms with van der Waals surface area (Å²) in [6.07, 6.45) is 0. The average Bonchev–Trinajstić information content (AvgIpc) is 3.17. The van der Waals surface area contributed by atoms with E-state index >= 15 is 0 Å². The maximum absolute atomic E-state index is 12.9. The van der Waals surface area contributed by atoms with Crippen LogP contribution in [0.5, 0.6) is 0 Å². The van der Waals surface area contributed by atoms with E-state index in [0.717, 1.165) is 20.8 Å². The lowest BCUT2D eigenvalue weighted by atomic mass is 10.0. The molecule has 2 N–H and O–H groups in total. The number of halogens is 1. The third-order valence-corrected chi connectivity index (χ3v) is 5.03. The van der Waals surface area contributed by atoms with Crippen LogP contribution >= 0.6 is 15.9 Å². The van der Waals surface area contributed by atoms with Gasteiger partial charge in [0, 0.05) is 21.3 Å². The van der Waals surface area contributed by atoms with Gasteiger partial charge in [0.2, 0.25) is 0 Å². The van der Waals surface area contributed by atoms with Crippen LogP contribution in [0.25, 0.3) is 22.1 Å². The zero-order chi connectivity index (χ0) is 18.8. The Morgan fingerprint density at radius 2 is 1.74 bits per heavy atom. The van der Waals surface area contributed by atoms with Crippen molar-refractivity contribution in [3.63, 3.8) is 0 Å². The maximum Gasteiger partial charge on any atom is 0.256 e. The van der Waals surface area contributed by atoms with E-state index in [1.54, 1.807) is 12.1 Å². The van der Waals surface area contributed by atoms with Crippen LogP contribution in [0.4, 0.5) is 5.69 Å². The molecule has 0 saturated carbocycles. The number of hydrogen-bond donors (Lipinski definition) is 2.